The van der Waals surface area contributed by atoms with Gasteiger partial charge in [-0.3, -0.25) is 0 Å². The van der Waals surface area contributed by atoms with Crippen LogP contribution in [0.4, 0.5) is 4.39 Å². The van der Waals surface area contributed by atoms with Gasteiger partial charge in [0.05, 0.1) is 17.0 Å². The maximum absolute atomic E-state index is 13.4. The summed E-state index contributed by atoms with van der Waals surface area (Å²) in [5.41, 5.74) is 3.43. The SMILES string of the molecule is Fc1cc(Cn2cnc3c2CCCC3)ccc1Cl. The third-order valence-corrected chi connectivity index (χ3v) is 3.75. The standard InChI is InChI=1S/C14H14ClFN2/c15-11-6-5-10(7-12(11)16)8-18-9-17-13-3-1-2-4-14(13)18/h5-7,9H,1-4,8H2. The molecule has 94 valence electrons. The Kier molecular flexibility index (Phi) is 3.08. The van der Waals surface area contributed by atoms with E-state index in [-0.39, 0.29) is 10.8 Å². The van der Waals surface area contributed by atoms with Gasteiger partial charge in [0.25, 0.3) is 0 Å². The van der Waals surface area contributed by atoms with Gasteiger partial charge in [0.1, 0.15) is 5.82 Å². The fraction of sp³-hybridized carbons (Fsp3) is 0.357. The summed E-state index contributed by atoms with van der Waals surface area (Å²) in [6.45, 7) is 0.663. The minimum Gasteiger partial charge on any atom is -0.330 e. The van der Waals surface area contributed by atoms with Gasteiger partial charge in [-0.15, -0.1) is 0 Å². The van der Waals surface area contributed by atoms with Gasteiger partial charge in [0.2, 0.25) is 0 Å². The highest BCUT2D eigenvalue weighted by Crippen LogP contribution is 2.22. The molecule has 2 nitrogen and oxygen atoms in total. The van der Waals surface area contributed by atoms with Crippen LogP contribution in [0.2, 0.25) is 5.02 Å². The van der Waals surface area contributed by atoms with Crippen LogP contribution in [0.1, 0.15) is 29.8 Å². The van der Waals surface area contributed by atoms with Crippen molar-refractivity contribution < 1.29 is 4.39 Å². The lowest BCUT2D eigenvalue weighted by atomic mass is 10.0. The summed E-state index contributed by atoms with van der Waals surface area (Å²) in [6, 6.07) is 4.97. The molecule has 4 heteroatoms. The molecule has 1 aliphatic carbocycles. The van der Waals surface area contributed by atoms with Crippen LogP contribution in [0.25, 0.3) is 0 Å². The number of hydrogen-bond donors (Lipinski definition) is 0. The Bertz CT molecular complexity index is 577. The predicted molar refractivity (Wildman–Crippen MR) is 69.4 cm³/mol. The fourth-order valence-corrected chi connectivity index (χ4v) is 2.62. The molecule has 1 aromatic carbocycles. The van der Waals surface area contributed by atoms with Crippen molar-refractivity contribution in [2.45, 2.75) is 32.2 Å². The van der Waals surface area contributed by atoms with Crippen LogP contribution in [0, 0.1) is 5.82 Å². The summed E-state index contributed by atoms with van der Waals surface area (Å²) >= 11 is 5.68. The highest BCUT2D eigenvalue weighted by molar-refractivity contribution is 6.30. The molecule has 0 spiro atoms. The number of fused-ring (bicyclic) bond motifs is 1. The third-order valence-electron chi connectivity index (χ3n) is 3.45. The normalized spacial score (nSPS) is 14.6. The molecule has 0 amide bonds. The number of imidazole rings is 1. The van der Waals surface area contributed by atoms with Gasteiger partial charge in [-0.25, -0.2) is 9.37 Å². The van der Waals surface area contributed by atoms with Crippen LogP contribution in [0.5, 0.6) is 0 Å². The van der Waals surface area contributed by atoms with Crippen LogP contribution < -0.4 is 0 Å². The Morgan fingerprint density at radius 2 is 2.11 bits per heavy atom. The van der Waals surface area contributed by atoms with E-state index < -0.39 is 0 Å². The van der Waals surface area contributed by atoms with Gasteiger partial charge in [-0.1, -0.05) is 17.7 Å². The van der Waals surface area contributed by atoms with Crippen molar-refractivity contribution in [3.8, 4) is 0 Å². The molecule has 1 aliphatic rings. The Morgan fingerprint density at radius 1 is 1.28 bits per heavy atom. The molecule has 0 N–H and O–H groups in total. The number of rotatable bonds is 2. The lowest BCUT2D eigenvalue weighted by Crippen LogP contribution is -2.09. The molecule has 3 rings (SSSR count). The van der Waals surface area contributed by atoms with Crippen molar-refractivity contribution in [2.75, 3.05) is 0 Å². The molecule has 18 heavy (non-hydrogen) atoms. The maximum Gasteiger partial charge on any atom is 0.142 e. The number of benzene rings is 1. The third kappa shape index (κ3) is 2.15. The van der Waals surface area contributed by atoms with Crippen molar-refractivity contribution in [3.05, 3.63) is 52.3 Å². The second-order valence-corrected chi connectivity index (χ2v) is 5.13. The topological polar surface area (TPSA) is 17.8 Å². The van der Waals surface area contributed by atoms with E-state index in [1.165, 1.54) is 30.3 Å². The molecule has 0 radical (unpaired) electrons. The van der Waals surface area contributed by atoms with Gasteiger partial charge in [-0.2, -0.15) is 0 Å². The number of nitrogens with zero attached hydrogens (tertiary/aromatic N) is 2. The van der Waals surface area contributed by atoms with Crippen molar-refractivity contribution in [1.82, 2.24) is 9.55 Å². The monoisotopic (exact) mass is 264 g/mol. The minimum atomic E-state index is -0.358. The average molecular weight is 265 g/mol. The Morgan fingerprint density at radius 3 is 2.94 bits per heavy atom. The average Bonchev–Trinajstić information content (AvgIpc) is 2.78. The first-order chi connectivity index (χ1) is 8.74. The van der Waals surface area contributed by atoms with Crippen LogP contribution in [-0.2, 0) is 19.4 Å². The van der Waals surface area contributed by atoms with E-state index in [1.807, 2.05) is 12.4 Å². The minimum absolute atomic E-state index is 0.173. The predicted octanol–water partition coefficient (Wildman–Crippen LogP) is 3.60. The van der Waals surface area contributed by atoms with Crippen LogP contribution >= 0.6 is 11.6 Å². The molecular formula is C14H14ClFN2. The van der Waals surface area contributed by atoms with E-state index in [0.717, 1.165) is 18.4 Å². The van der Waals surface area contributed by atoms with Gasteiger partial charge < -0.3 is 4.57 Å². The van der Waals surface area contributed by atoms with Crippen LogP contribution in [-0.4, -0.2) is 9.55 Å². The molecule has 0 bridgehead atoms. The molecule has 2 aromatic rings. The fourth-order valence-electron chi connectivity index (χ4n) is 2.50. The summed E-state index contributed by atoms with van der Waals surface area (Å²) < 4.78 is 15.5. The van der Waals surface area contributed by atoms with E-state index >= 15 is 0 Å². The number of halogens is 2. The van der Waals surface area contributed by atoms with E-state index in [1.54, 1.807) is 6.07 Å². The van der Waals surface area contributed by atoms with E-state index in [0.29, 0.717) is 6.54 Å². The second-order valence-electron chi connectivity index (χ2n) is 4.72. The van der Waals surface area contributed by atoms with Crippen LogP contribution in [0.15, 0.2) is 24.5 Å². The van der Waals surface area contributed by atoms with Gasteiger partial charge in [0, 0.05) is 12.2 Å². The smallest absolute Gasteiger partial charge is 0.142 e. The van der Waals surface area contributed by atoms with E-state index in [9.17, 15) is 4.39 Å². The first kappa shape index (κ1) is 11.7. The summed E-state index contributed by atoms with van der Waals surface area (Å²) in [6.07, 6.45) is 6.44. The summed E-state index contributed by atoms with van der Waals surface area (Å²) in [5.74, 6) is -0.358. The highest BCUT2D eigenvalue weighted by atomic mass is 35.5. The van der Waals surface area contributed by atoms with E-state index in [4.69, 9.17) is 11.6 Å². The molecule has 0 saturated carbocycles. The van der Waals surface area contributed by atoms with Crippen molar-refractivity contribution in [2.24, 2.45) is 0 Å². The molecule has 0 aliphatic heterocycles. The molecular weight excluding hydrogens is 251 g/mol. The second kappa shape index (κ2) is 4.73. The maximum atomic E-state index is 13.4. The van der Waals surface area contributed by atoms with Crippen molar-refractivity contribution in [1.29, 1.82) is 0 Å². The first-order valence-electron chi connectivity index (χ1n) is 6.21. The zero-order valence-corrected chi connectivity index (χ0v) is 10.8. The van der Waals surface area contributed by atoms with E-state index in [2.05, 4.69) is 9.55 Å². The summed E-state index contributed by atoms with van der Waals surface area (Å²) in [4.78, 5) is 4.44. The quantitative estimate of drug-likeness (QED) is 0.810. The van der Waals surface area contributed by atoms with Gasteiger partial charge in [0.15, 0.2) is 0 Å². The van der Waals surface area contributed by atoms with Gasteiger partial charge >= 0.3 is 0 Å². The molecule has 1 aromatic heterocycles. The number of aryl methyl sites for hydroxylation is 1. The number of aromatic nitrogens is 2. The van der Waals surface area contributed by atoms with Crippen molar-refractivity contribution in [3.63, 3.8) is 0 Å². The molecule has 1 heterocycles. The summed E-state index contributed by atoms with van der Waals surface area (Å²) in [7, 11) is 0. The zero-order chi connectivity index (χ0) is 12.5. The molecule has 0 unspecified atom stereocenters. The Balaban J connectivity index is 1.88. The van der Waals surface area contributed by atoms with Gasteiger partial charge in [-0.05, 0) is 43.4 Å². The molecule has 0 atom stereocenters. The lowest BCUT2D eigenvalue weighted by Gasteiger charge is -2.14. The summed E-state index contributed by atoms with van der Waals surface area (Å²) in [5, 5.41) is 0.173. The Hall–Kier alpha value is -1.35. The Labute approximate surface area is 110 Å². The zero-order valence-electron chi connectivity index (χ0n) is 10.00. The number of hydrogen-bond acceptors (Lipinski definition) is 1. The van der Waals surface area contributed by atoms with Crippen LogP contribution in [0.3, 0.4) is 0 Å². The largest absolute Gasteiger partial charge is 0.330 e. The van der Waals surface area contributed by atoms with Crippen molar-refractivity contribution >= 4 is 11.6 Å². The lowest BCUT2D eigenvalue weighted by molar-refractivity contribution is 0.615. The highest BCUT2D eigenvalue weighted by Gasteiger charge is 2.15. The first-order valence-corrected chi connectivity index (χ1v) is 6.58. The molecule has 0 fully saturated rings. The molecule has 0 saturated heterocycles.